The van der Waals surface area contributed by atoms with E-state index in [4.69, 9.17) is 19.0 Å². The van der Waals surface area contributed by atoms with Crippen molar-refractivity contribution in [1.29, 1.82) is 0 Å². The SMILES string of the molecule is COc1ccc2oc(N3CCC([C@@H]4CC[C@H](C(=O)O)O4)CC3)nc2c1. The third-order valence-electron chi connectivity index (χ3n) is 5.25. The number of nitrogens with zero attached hydrogens (tertiary/aromatic N) is 2. The van der Waals surface area contributed by atoms with Crippen molar-refractivity contribution < 1.29 is 23.8 Å². The number of piperidine rings is 1. The Balaban J connectivity index is 1.39. The van der Waals surface area contributed by atoms with Crippen molar-refractivity contribution in [2.24, 2.45) is 5.92 Å². The Morgan fingerprint density at radius 2 is 2.08 bits per heavy atom. The molecular weight excluding hydrogens is 324 g/mol. The van der Waals surface area contributed by atoms with Crippen LogP contribution in [0.5, 0.6) is 5.75 Å². The lowest BCUT2D eigenvalue weighted by atomic mass is 9.90. The lowest BCUT2D eigenvalue weighted by Crippen LogP contribution is -2.38. The molecule has 2 atom stereocenters. The molecule has 2 aromatic rings. The minimum Gasteiger partial charge on any atom is -0.497 e. The largest absolute Gasteiger partial charge is 0.497 e. The Kier molecular flexibility index (Phi) is 4.25. The number of aliphatic carboxylic acids is 1. The van der Waals surface area contributed by atoms with Gasteiger partial charge >= 0.3 is 5.97 Å². The molecule has 0 bridgehead atoms. The van der Waals surface area contributed by atoms with Crippen LogP contribution in [0.25, 0.3) is 11.1 Å². The van der Waals surface area contributed by atoms with Gasteiger partial charge in [-0.25, -0.2) is 4.79 Å². The maximum atomic E-state index is 11.0. The second-order valence-electron chi connectivity index (χ2n) is 6.73. The smallest absolute Gasteiger partial charge is 0.332 e. The van der Waals surface area contributed by atoms with E-state index in [9.17, 15) is 4.79 Å². The van der Waals surface area contributed by atoms with Crippen LogP contribution >= 0.6 is 0 Å². The van der Waals surface area contributed by atoms with Crippen LogP contribution in [0, 0.1) is 5.92 Å². The van der Waals surface area contributed by atoms with E-state index in [1.54, 1.807) is 7.11 Å². The molecule has 0 unspecified atom stereocenters. The second kappa shape index (κ2) is 6.55. The highest BCUT2D eigenvalue weighted by atomic mass is 16.5. The minimum atomic E-state index is -0.846. The van der Waals surface area contributed by atoms with Gasteiger partial charge in [0.15, 0.2) is 11.7 Å². The van der Waals surface area contributed by atoms with Crippen molar-refractivity contribution >= 4 is 23.1 Å². The number of benzene rings is 1. The average Bonchev–Trinajstić information content (AvgIpc) is 3.28. The summed E-state index contributed by atoms with van der Waals surface area (Å²) in [6.07, 6.45) is 2.81. The van der Waals surface area contributed by atoms with Crippen LogP contribution in [-0.2, 0) is 9.53 Å². The fraction of sp³-hybridized carbons (Fsp3) is 0.556. The minimum absolute atomic E-state index is 0.0659. The monoisotopic (exact) mass is 346 g/mol. The summed E-state index contributed by atoms with van der Waals surface area (Å²) in [5, 5.41) is 9.06. The first-order valence-corrected chi connectivity index (χ1v) is 8.72. The molecule has 134 valence electrons. The highest BCUT2D eigenvalue weighted by Gasteiger charge is 2.37. The average molecular weight is 346 g/mol. The number of ether oxygens (including phenoxy) is 2. The molecule has 25 heavy (non-hydrogen) atoms. The van der Waals surface area contributed by atoms with Gasteiger partial charge < -0.3 is 23.9 Å². The molecule has 0 saturated carbocycles. The zero-order chi connectivity index (χ0) is 17.4. The maximum Gasteiger partial charge on any atom is 0.332 e. The maximum absolute atomic E-state index is 11.0. The number of hydrogen-bond acceptors (Lipinski definition) is 6. The Hall–Kier alpha value is -2.28. The molecule has 0 aliphatic carbocycles. The zero-order valence-corrected chi connectivity index (χ0v) is 14.2. The van der Waals surface area contributed by atoms with E-state index in [1.807, 2.05) is 18.2 Å². The number of carboxylic acid groups (broad SMARTS) is 1. The van der Waals surface area contributed by atoms with Crippen LogP contribution in [0.2, 0.25) is 0 Å². The van der Waals surface area contributed by atoms with Crippen molar-refractivity contribution in [1.82, 2.24) is 4.98 Å². The third-order valence-corrected chi connectivity index (χ3v) is 5.25. The van der Waals surface area contributed by atoms with E-state index < -0.39 is 12.1 Å². The standard InChI is InChI=1S/C18H22N2O5/c1-23-12-2-3-15-13(10-12)19-18(25-15)20-8-6-11(7-9-20)14-4-5-16(24-14)17(21)22/h2-3,10-11,14,16H,4-9H2,1H3,(H,21,22)/t14-,16+/m0/s1. The molecule has 2 aliphatic rings. The fourth-order valence-electron chi connectivity index (χ4n) is 3.81. The predicted octanol–water partition coefficient (Wildman–Crippen LogP) is 2.69. The number of rotatable bonds is 4. The first-order valence-electron chi connectivity index (χ1n) is 8.72. The summed E-state index contributed by atoms with van der Waals surface area (Å²) < 4.78 is 16.8. The Morgan fingerprint density at radius 3 is 2.76 bits per heavy atom. The first-order chi connectivity index (χ1) is 12.1. The summed E-state index contributed by atoms with van der Waals surface area (Å²) in [5.74, 6) is 0.323. The molecular formula is C18H22N2O5. The summed E-state index contributed by atoms with van der Waals surface area (Å²) in [4.78, 5) is 17.8. The number of aromatic nitrogens is 1. The number of anilines is 1. The Morgan fingerprint density at radius 1 is 1.28 bits per heavy atom. The van der Waals surface area contributed by atoms with Crippen LogP contribution < -0.4 is 9.64 Å². The number of fused-ring (bicyclic) bond motifs is 1. The van der Waals surface area contributed by atoms with E-state index >= 15 is 0 Å². The van der Waals surface area contributed by atoms with E-state index in [2.05, 4.69) is 9.88 Å². The van der Waals surface area contributed by atoms with E-state index in [-0.39, 0.29) is 6.10 Å². The topological polar surface area (TPSA) is 85.0 Å². The molecule has 2 aliphatic heterocycles. The van der Waals surface area contributed by atoms with Crippen LogP contribution in [0.1, 0.15) is 25.7 Å². The predicted molar refractivity (Wildman–Crippen MR) is 91.0 cm³/mol. The molecule has 2 saturated heterocycles. The first kappa shape index (κ1) is 16.2. The van der Waals surface area contributed by atoms with E-state index in [0.29, 0.717) is 18.4 Å². The number of methoxy groups -OCH3 is 1. The van der Waals surface area contributed by atoms with Gasteiger partial charge in [0.25, 0.3) is 6.01 Å². The van der Waals surface area contributed by atoms with Gasteiger partial charge in [-0.1, -0.05) is 0 Å². The van der Waals surface area contributed by atoms with Crippen molar-refractivity contribution in [3.8, 4) is 5.75 Å². The summed E-state index contributed by atoms with van der Waals surface area (Å²) in [7, 11) is 1.63. The van der Waals surface area contributed by atoms with Crippen molar-refractivity contribution in [3.05, 3.63) is 18.2 Å². The molecule has 4 rings (SSSR count). The molecule has 7 heteroatoms. The molecule has 0 spiro atoms. The summed E-state index contributed by atoms with van der Waals surface area (Å²) in [6.45, 7) is 1.68. The highest BCUT2D eigenvalue weighted by molar-refractivity contribution is 5.76. The Bertz CT molecular complexity index is 766. The van der Waals surface area contributed by atoms with Crippen LogP contribution in [0.4, 0.5) is 6.01 Å². The van der Waals surface area contributed by atoms with Gasteiger partial charge in [0.05, 0.1) is 13.2 Å². The molecule has 3 heterocycles. The zero-order valence-electron chi connectivity index (χ0n) is 14.2. The van der Waals surface area contributed by atoms with Gasteiger partial charge in [-0.2, -0.15) is 4.98 Å². The van der Waals surface area contributed by atoms with Crippen LogP contribution in [-0.4, -0.2) is 48.5 Å². The molecule has 7 nitrogen and oxygen atoms in total. The quantitative estimate of drug-likeness (QED) is 0.911. The molecule has 1 aromatic heterocycles. The van der Waals surface area contributed by atoms with Crippen molar-refractivity contribution in [2.75, 3.05) is 25.1 Å². The third kappa shape index (κ3) is 3.16. The van der Waals surface area contributed by atoms with Gasteiger partial charge in [0.2, 0.25) is 0 Å². The van der Waals surface area contributed by atoms with Gasteiger partial charge in [0.1, 0.15) is 11.3 Å². The van der Waals surface area contributed by atoms with E-state index in [0.717, 1.165) is 49.2 Å². The van der Waals surface area contributed by atoms with Gasteiger partial charge in [-0.3, -0.25) is 0 Å². The van der Waals surface area contributed by atoms with Gasteiger partial charge in [-0.05, 0) is 43.7 Å². The van der Waals surface area contributed by atoms with E-state index in [1.165, 1.54) is 0 Å². The lowest BCUT2D eigenvalue weighted by molar-refractivity contribution is -0.150. The van der Waals surface area contributed by atoms with Crippen molar-refractivity contribution in [2.45, 2.75) is 37.9 Å². The number of carbonyl (C=O) groups is 1. The van der Waals surface area contributed by atoms with Crippen LogP contribution in [0.15, 0.2) is 22.6 Å². The molecule has 0 radical (unpaired) electrons. The molecule has 1 aromatic carbocycles. The van der Waals surface area contributed by atoms with Crippen molar-refractivity contribution in [3.63, 3.8) is 0 Å². The molecule has 0 amide bonds. The number of hydrogen-bond donors (Lipinski definition) is 1. The van der Waals surface area contributed by atoms with Gasteiger partial charge in [-0.15, -0.1) is 0 Å². The fourth-order valence-corrected chi connectivity index (χ4v) is 3.81. The molecule has 2 fully saturated rings. The number of oxazole rings is 1. The Labute approximate surface area is 145 Å². The number of carboxylic acids is 1. The normalized spacial score (nSPS) is 24.8. The van der Waals surface area contributed by atoms with Crippen LogP contribution in [0.3, 0.4) is 0 Å². The molecule has 1 N–H and O–H groups in total. The lowest BCUT2D eigenvalue weighted by Gasteiger charge is -2.33. The summed E-state index contributed by atoms with van der Waals surface area (Å²) in [6, 6.07) is 6.24. The second-order valence-corrected chi connectivity index (χ2v) is 6.73. The highest BCUT2D eigenvalue weighted by Crippen LogP contribution is 2.34. The summed E-state index contributed by atoms with van der Waals surface area (Å²) in [5.41, 5.74) is 1.54. The van der Waals surface area contributed by atoms with Gasteiger partial charge in [0, 0.05) is 19.2 Å². The summed E-state index contributed by atoms with van der Waals surface area (Å²) >= 11 is 0.